The van der Waals surface area contributed by atoms with Gasteiger partial charge in [-0.1, -0.05) is 67.9 Å². The van der Waals surface area contributed by atoms with Crippen molar-refractivity contribution in [2.24, 2.45) is 0 Å². The Morgan fingerprint density at radius 3 is 2.42 bits per heavy atom. The van der Waals surface area contributed by atoms with Crippen molar-refractivity contribution in [3.8, 4) is 5.75 Å². The van der Waals surface area contributed by atoms with Crippen LogP contribution in [0.2, 0.25) is 5.02 Å². The SMILES string of the molecule is CCC1(CC)C[C@H](NC(=O)CN(c2cc(Cl)ccc2C)S(=O)(=O)c2ccccc2)c2ccccc2O1. The first-order valence-electron chi connectivity index (χ1n) is 12.1. The summed E-state index contributed by atoms with van der Waals surface area (Å²) in [5.74, 6) is 0.342. The number of aryl methyl sites for hydroxylation is 1. The lowest BCUT2D eigenvalue weighted by Gasteiger charge is -2.41. The third-order valence-electron chi connectivity index (χ3n) is 6.88. The van der Waals surface area contributed by atoms with E-state index in [4.69, 9.17) is 16.3 Å². The van der Waals surface area contributed by atoms with Crippen molar-refractivity contribution in [1.82, 2.24) is 5.32 Å². The number of rotatable bonds is 8. The molecule has 0 bridgehead atoms. The van der Waals surface area contributed by atoms with Gasteiger partial charge in [-0.3, -0.25) is 9.10 Å². The molecule has 3 aromatic rings. The van der Waals surface area contributed by atoms with E-state index < -0.39 is 21.5 Å². The number of hydrogen-bond donors (Lipinski definition) is 1. The molecule has 4 rings (SSSR count). The van der Waals surface area contributed by atoms with Crippen LogP contribution in [0.1, 0.15) is 50.3 Å². The summed E-state index contributed by atoms with van der Waals surface area (Å²) in [6, 6.07) is 20.5. The van der Waals surface area contributed by atoms with Gasteiger partial charge < -0.3 is 10.1 Å². The summed E-state index contributed by atoms with van der Waals surface area (Å²) in [5.41, 5.74) is 1.55. The van der Waals surface area contributed by atoms with Gasteiger partial charge in [0.25, 0.3) is 10.0 Å². The van der Waals surface area contributed by atoms with Gasteiger partial charge in [-0.05, 0) is 55.7 Å². The molecule has 6 nitrogen and oxygen atoms in total. The minimum absolute atomic E-state index is 0.101. The molecule has 0 saturated heterocycles. The fraction of sp³-hybridized carbons (Fsp3) is 0.321. The maximum absolute atomic E-state index is 13.7. The lowest BCUT2D eigenvalue weighted by atomic mass is 9.83. The lowest BCUT2D eigenvalue weighted by molar-refractivity contribution is -0.121. The van der Waals surface area contributed by atoms with Crippen LogP contribution in [-0.2, 0) is 14.8 Å². The Balaban J connectivity index is 1.68. The zero-order valence-electron chi connectivity index (χ0n) is 20.7. The van der Waals surface area contributed by atoms with Crippen molar-refractivity contribution in [3.05, 3.63) is 88.9 Å². The topological polar surface area (TPSA) is 75.7 Å². The number of hydrogen-bond acceptors (Lipinski definition) is 4. The fourth-order valence-corrected chi connectivity index (χ4v) is 6.34. The first-order valence-corrected chi connectivity index (χ1v) is 13.9. The zero-order valence-corrected chi connectivity index (χ0v) is 22.3. The predicted octanol–water partition coefficient (Wildman–Crippen LogP) is 6.04. The maximum atomic E-state index is 13.7. The highest BCUT2D eigenvalue weighted by molar-refractivity contribution is 7.92. The molecule has 8 heteroatoms. The number of halogens is 1. The van der Waals surface area contributed by atoms with Crippen molar-refractivity contribution in [1.29, 1.82) is 0 Å². The van der Waals surface area contributed by atoms with Gasteiger partial charge in [0, 0.05) is 17.0 Å². The first-order chi connectivity index (χ1) is 17.2. The number of ether oxygens (including phenoxy) is 1. The fourth-order valence-electron chi connectivity index (χ4n) is 4.67. The van der Waals surface area contributed by atoms with Crippen LogP contribution in [0.15, 0.2) is 77.7 Å². The zero-order chi connectivity index (χ0) is 25.9. The molecule has 1 amide bonds. The molecule has 3 aromatic carbocycles. The average Bonchev–Trinajstić information content (AvgIpc) is 2.89. The van der Waals surface area contributed by atoms with E-state index in [0.717, 1.165) is 28.5 Å². The summed E-state index contributed by atoms with van der Waals surface area (Å²) >= 11 is 6.23. The van der Waals surface area contributed by atoms with E-state index in [9.17, 15) is 13.2 Å². The number of sulfonamides is 1. The van der Waals surface area contributed by atoms with Crippen LogP contribution in [0.4, 0.5) is 5.69 Å². The summed E-state index contributed by atoms with van der Waals surface area (Å²) < 4.78 is 34.9. The van der Waals surface area contributed by atoms with E-state index in [0.29, 0.717) is 22.7 Å². The summed E-state index contributed by atoms with van der Waals surface area (Å²) in [6.07, 6.45) is 2.19. The van der Waals surface area contributed by atoms with Crippen LogP contribution in [0, 0.1) is 6.92 Å². The van der Waals surface area contributed by atoms with Crippen LogP contribution in [0.3, 0.4) is 0 Å². The number of nitrogens with zero attached hydrogens (tertiary/aromatic N) is 1. The van der Waals surface area contributed by atoms with E-state index in [1.807, 2.05) is 24.3 Å². The van der Waals surface area contributed by atoms with Gasteiger partial charge in [0.1, 0.15) is 17.9 Å². The van der Waals surface area contributed by atoms with Crippen molar-refractivity contribution in [3.63, 3.8) is 0 Å². The number of benzene rings is 3. The van der Waals surface area contributed by atoms with Gasteiger partial charge in [-0.15, -0.1) is 0 Å². The molecule has 0 fully saturated rings. The Morgan fingerprint density at radius 2 is 1.72 bits per heavy atom. The Kier molecular flexibility index (Phi) is 7.62. The Bertz CT molecular complexity index is 1340. The second-order valence-corrected chi connectivity index (χ2v) is 11.4. The van der Waals surface area contributed by atoms with E-state index in [2.05, 4.69) is 19.2 Å². The lowest BCUT2D eigenvalue weighted by Crippen LogP contribution is -2.47. The highest BCUT2D eigenvalue weighted by Gasteiger charge is 2.39. The van der Waals surface area contributed by atoms with Crippen LogP contribution < -0.4 is 14.4 Å². The summed E-state index contributed by atoms with van der Waals surface area (Å²) in [7, 11) is -4.03. The van der Waals surface area contributed by atoms with E-state index in [-0.39, 0.29) is 17.5 Å². The van der Waals surface area contributed by atoms with Crippen LogP contribution in [0.25, 0.3) is 0 Å². The quantitative estimate of drug-likeness (QED) is 0.388. The molecular weight excluding hydrogens is 496 g/mol. The summed E-state index contributed by atoms with van der Waals surface area (Å²) in [6.45, 7) is 5.56. The van der Waals surface area contributed by atoms with Crippen molar-refractivity contribution >= 4 is 33.2 Å². The number of nitrogens with one attached hydrogen (secondary N) is 1. The van der Waals surface area contributed by atoms with Gasteiger partial charge in [0.15, 0.2) is 0 Å². The van der Waals surface area contributed by atoms with E-state index in [1.165, 1.54) is 12.1 Å². The highest BCUT2D eigenvalue weighted by atomic mass is 35.5. The van der Waals surface area contributed by atoms with Gasteiger partial charge in [-0.25, -0.2) is 8.42 Å². The van der Waals surface area contributed by atoms with Crippen molar-refractivity contribution in [2.75, 3.05) is 10.8 Å². The van der Waals surface area contributed by atoms with Crippen molar-refractivity contribution in [2.45, 2.75) is 56.6 Å². The minimum atomic E-state index is -4.03. The molecule has 0 aliphatic carbocycles. The largest absolute Gasteiger partial charge is 0.487 e. The average molecular weight is 527 g/mol. The Labute approximate surface area is 218 Å². The molecular formula is C28H31ClN2O4S. The van der Waals surface area contributed by atoms with Gasteiger partial charge in [0.05, 0.1) is 16.6 Å². The van der Waals surface area contributed by atoms with E-state index in [1.54, 1.807) is 43.3 Å². The van der Waals surface area contributed by atoms with Crippen LogP contribution in [-0.4, -0.2) is 26.5 Å². The Morgan fingerprint density at radius 1 is 1.06 bits per heavy atom. The van der Waals surface area contributed by atoms with Crippen molar-refractivity contribution < 1.29 is 17.9 Å². The molecule has 0 aromatic heterocycles. The Hall–Kier alpha value is -3.03. The van der Waals surface area contributed by atoms with Gasteiger partial charge in [0.2, 0.25) is 5.91 Å². The minimum Gasteiger partial charge on any atom is -0.487 e. The second-order valence-electron chi connectivity index (χ2n) is 9.11. The summed E-state index contributed by atoms with van der Waals surface area (Å²) in [4.78, 5) is 13.6. The number of carbonyl (C=O) groups excluding carboxylic acids is 1. The number of anilines is 1. The third kappa shape index (κ3) is 5.22. The molecule has 1 N–H and O–H groups in total. The number of amides is 1. The molecule has 1 atom stereocenters. The molecule has 190 valence electrons. The highest BCUT2D eigenvalue weighted by Crippen LogP contribution is 2.42. The molecule has 1 aliphatic heterocycles. The second kappa shape index (κ2) is 10.5. The van der Waals surface area contributed by atoms with Gasteiger partial charge >= 0.3 is 0 Å². The monoisotopic (exact) mass is 526 g/mol. The molecule has 0 saturated carbocycles. The first kappa shape index (κ1) is 26.0. The van der Waals surface area contributed by atoms with E-state index >= 15 is 0 Å². The number of fused-ring (bicyclic) bond motifs is 1. The molecule has 1 aliphatic rings. The molecule has 36 heavy (non-hydrogen) atoms. The smallest absolute Gasteiger partial charge is 0.264 e. The number of carbonyl (C=O) groups is 1. The predicted molar refractivity (Wildman–Crippen MR) is 143 cm³/mol. The molecule has 1 heterocycles. The molecule has 0 radical (unpaired) electrons. The normalized spacial score (nSPS) is 16.5. The standard InChI is InChI=1S/C28H31ClN2O4S/c1-4-28(5-2)18-24(23-13-9-10-14-26(23)35-28)30-27(32)19-31(25-17-21(29)16-15-20(25)3)36(33,34)22-11-7-6-8-12-22/h6-17,24H,4-5,18-19H2,1-3H3,(H,30,32)/t24-/m0/s1. The molecule has 0 spiro atoms. The third-order valence-corrected chi connectivity index (χ3v) is 8.89. The summed E-state index contributed by atoms with van der Waals surface area (Å²) in [5, 5.41) is 3.49. The maximum Gasteiger partial charge on any atom is 0.264 e. The van der Waals surface area contributed by atoms with Gasteiger partial charge in [-0.2, -0.15) is 0 Å². The number of para-hydroxylation sites is 1. The van der Waals surface area contributed by atoms with Crippen LogP contribution >= 0.6 is 11.6 Å². The molecule has 0 unspecified atom stereocenters. The van der Waals surface area contributed by atoms with Crippen LogP contribution in [0.5, 0.6) is 5.75 Å².